The number of rotatable bonds is 2. The molecule has 3 heteroatoms. The van der Waals surface area contributed by atoms with Crippen molar-refractivity contribution in [3.8, 4) is 5.75 Å². The van der Waals surface area contributed by atoms with Crippen molar-refractivity contribution in [2.45, 2.75) is 12.5 Å². The summed E-state index contributed by atoms with van der Waals surface area (Å²) in [6.07, 6.45) is 0.841. The second kappa shape index (κ2) is 4.53. The van der Waals surface area contributed by atoms with E-state index in [2.05, 4.69) is 22.7 Å². The molecule has 2 aromatic carbocycles. The van der Waals surface area contributed by atoms with Crippen LogP contribution in [0.2, 0.25) is 0 Å². The molecule has 1 aliphatic heterocycles. The van der Waals surface area contributed by atoms with Gasteiger partial charge in [0.25, 0.3) is 0 Å². The van der Waals surface area contributed by atoms with E-state index in [1.807, 2.05) is 30.3 Å². The zero-order chi connectivity index (χ0) is 12.4. The van der Waals surface area contributed by atoms with Gasteiger partial charge < -0.3 is 10.5 Å². The van der Waals surface area contributed by atoms with E-state index >= 15 is 0 Å². The molecule has 3 rings (SSSR count). The van der Waals surface area contributed by atoms with Crippen molar-refractivity contribution >= 4 is 5.71 Å². The van der Waals surface area contributed by atoms with Crippen LogP contribution in [-0.2, 0) is 0 Å². The summed E-state index contributed by atoms with van der Waals surface area (Å²) < 4.78 is 0. The van der Waals surface area contributed by atoms with E-state index in [1.54, 1.807) is 12.1 Å². The number of benzene rings is 2. The number of nitrogens with zero attached hydrogens (tertiary/aromatic N) is 1. The van der Waals surface area contributed by atoms with Crippen LogP contribution in [0, 0.1) is 0 Å². The molecule has 0 saturated carbocycles. The summed E-state index contributed by atoms with van der Waals surface area (Å²) in [5, 5.41) is 13.9. The number of hydrogen-bond donors (Lipinski definition) is 2. The molecule has 0 fully saturated rings. The van der Waals surface area contributed by atoms with Gasteiger partial charge in [-0.15, -0.1) is 0 Å². The summed E-state index contributed by atoms with van der Waals surface area (Å²) >= 11 is 0. The molecule has 18 heavy (non-hydrogen) atoms. The lowest BCUT2D eigenvalue weighted by molar-refractivity contribution is 0.472. The Balaban J connectivity index is 1.79. The van der Waals surface area contributed by atoms with Crippen molar-refractivity contribution in [1.29, 1.82) is 0 Å². The van der Waals surface area contributed by atoms with Gasteiger partial charge in [0, 0.05) is 6.42 Å². The molecule has 1 heterocycles. The van der Waals surface area contributed by atoms with E-state index in [0.717, 1.165) is 23.3 Å². The number of hydrogen-bond acceptors (Lipinski definition) is 3. The van der Waals surface area contributed by atoms with Gasteiger partial charge in [-0.25, -0.2) is 0 Å². The highest BCUT2D eigenvalue weighted by atomic mass is 16.3. The smallest absolute Gasteiger partial charge is 0.115 e. The second-order valence-electron chi connectivity index (χ2n) is 4.41. The van der Waals surface area contributed by atoms with Crippen LogP contribution >= 0.6 is 0 Å². The largest absolute Gasteiger partial charge is 0.508 e. The quantitative estimate of drug-likeness (QED) is 0.845. The van der Waals surface area contributed by atoms with Crippen LogP contribution in [0.3, 0.4) is 0 Å². The first-order valence-corrected chi connectivity index (χ1v) is 5.99. The monoisotopic (exact) mass is 238 g/mol. The predicted octanol–water partition coefficient (Wildman–Crippen LogP) is 2.83. The van der Waals surface area contributed by atoms with E-state index in [0.29, 0.717) is 5.75 Å². The van der Waals surface area contributed by atoms with Crippen LogP contribution in [0.25, 0.3) is 0 Å². The Morgan fingerprint density at radius 3 is 2.67 bits per heavy atom. The van der Waals surface area contributed by atoms with E-state index in [-0.39, 0.29) is 6.04 Å². The van der Waals surface area contributed by atoms with Crippen LogP contribution in [0.15, 0.2) is 59.7 Å². The lowest BCUT2D eigenvalue weighted by Gasteiger charge is -2.10. The van der Waals surface area contributed by atoms with E-state index in [1.165, 1.54) is 0 Å². The number of aromatic hydroxyl groups is 1. The van der Waals surface area contributed by atoms with Crippen molar-refractivity contribution in [2.75, 3.05) is 0 Å². The maximum atomic E-state index is 9.49. The third kappa shape index (κ3) is 2.07. The molecule has 2 N–H and O–H groups in total. The molecule has 0 aliphatic carbocycles. The molecule has 1 aliphatic rings. The Bertz CT molecular complexity index is 578. The second-order valence-corrected chi connectivity index (χ2v) is 4.41. The minimum atomic E-state index is 0.146. The Kier molecular flexibility index (Phi) is 2.73. The third-order valence-corrected chi connectivity index (χ3v) is 3.13. The van der Waals surface area contributed by atoms with Crippen molar-refractivity contribution < 1.29 is 5.11 Å². The molecule has 1 atom stereocenters. The van der Waals surface area contributed by atoms with Gasteiger partial charge in [0.15, 0.2) is 0 Å². The SMILES string of the molecule is Oc1cccc(C2CC(c3ccccc3)=NN2)c1. The van der Waals surface area contributed by atoms with Crippen molar-refractivity contribution in [1.82, 2.24) is 5.43 Å². The highest BCUT2D eigenvalue weighted by Gasteiger charge is 2.21. The molecule has 0 radical (unpaired) electrons. The van der Waals surface area contributed by atoms with E-state index in [9.17, 15) is 5.11 Å². The molecule has 90 valence electrons. The number of hydrazone groups is 1. The predicted molar refractivity (Wildman–Crippen MR) is 71.6 cm³/mol. The van der Waals surface area contributed by atoms with Gasteiger partial charge in [-0.05, 0) is 23.3 Å². The first-order chi connectivity index (χ1) is 8.83. The highest BCUT2D eigenvalue weighted by Crippen LogP contribution is 2.26. The number of nitrogens with one attached hydrogen (secondary N) is 1. The Morgan fingerprint density at radius 2 is 1.89 bits per heavy atom. The average Bonchev–Trinajstić information content (AvgIpc) is 2.89. The molecule has 0 amide bonds. The molecular weight excluding hydrogens is 224 g/mol. The van der Waals surface area contributed by atoms with Crippen LogP contribution in [0.4, 0.5) is 0 Å². The van der Waals surface area contributed by atoms with Crippen LogP contribution < -0.4 is 5.43 Å². The lowest BCUT2D eigenvalue weighted by atomic mass is 9.99. The van der Waals surface area contributed by atoms with Gasteiger partial charge in [-0.2, -0.15) is 5.10 Å². The molecule has 1 unspecified atom stereocenters. The number of phenols is 1. The summed E-state index contributed by atoms with van der Waals surface area (Å²) in [5.41, 5.74) is 6.39. The summed E-state index contributed by atoms with van der Waals surface area (Å²) in [6.45, 7) is 0. The first kappa shape index (κ1) is 10.8. The maximum absolute atomic E-state index is 9.49. The summed E-state index contributed by atoms with van der Waals surface area (Å²) in [7, 11) is 0. The van der Waals surface area contributed by atoms with E-state index in [4.69, 9.17) is 0 Å². The normalized spacial score (nSPS) is 18.2. The topological polar surface area (TPSA) is 44.6 Å². The van der Waals surface area contributed by atoms with Gasteiger partial charge in [0.1, 0.15) is 5.75 Å². The fourth-order valence-electron chi connectivity index (χ4n) is 2.19. The minimum Gasteiger partial charge on any atom is -0.508 e. The van der Waals surface area contributed by atoms with Crippen molar-refractivity contribution in [2.24, 2.45) is 5.10 Å². The molecule has 0 bridgehead atoms. The fraction of sp³-hybridized carbons (Fsp3) is 0.133. The van der Waals surface area contributed by atoms with Crippen LogP contribution in [0.5, 0.6) is 5.75 Å². The molecule has 0 saturated heterocycles. The summed E-state index contributed by atoms with van der Waals surface area (Å²) in [6, 6.07) is 17.6. The molecule has 2 aromatic rings. The first-order valence-electron chi connectivity index (χ1n) is 5.99. The van der Waals surface area contributed by atoms with Crippen molar-refractivity contribution in [3.05, 3.63) is 65.7 Å². The minimum absolute atomic E-state index is 0.146. The van der Waals surface area contributed by atoms with E-state index < -0.39 is 0 Å². The zero-order valence-electron chi connectivity index (χ0n) is 9.88. The van der Waals surface area contributed by atoms with Gasteiger partial charge >= 0.3 is 0 Å². The average molecular weight is 238 g/mol. The standard InChI is InChI=1S/C15H14N2O/c18-13-8-4-7-12(9-13)15-10-14(16-17-15)11-5-2-1-3-6-11/h1-9,15,17-18H,10H2. The molecule has 0 spiro atoms. The Labute approximate surface area is 106 Å². The van der Waals surface area contributed by atoms with Crippen LogP contribution in [0.1, 0.15) is 23.6 Å². The van der Waals surface area contributed by atoms with Gasteiger partial charge in [-0.3, -0.25) is 0 Å². The highest BCUT2D eigenvalue weighted by molar-refractivity contribution is 6.01. The number of phenolic OH excluding ortho intramolecular Hbond substituents is 1. The van der Waals surface area contributed by atoms with Crippen molar-refractivity contribution in [3.63, 3.8) is 0 Å². The van der Waals surface area contributed by atoms with Gasteiger partial charge in [-0.1, -0.05) is 42.5 Å². The lowest BCUT2D eigenvalue weighted by Crippen LogP contribution is -2.09. The summed E-state index contributed by atoms with van der Waals surface area (Å²) in [5.74, 6) is 0.294. The Morgan fingerprint density at radius 1 is 1.06 bits per heavy atom. The van der Waals surface area contributed by atoms with Gasteiger partial charge in [0.05, 0.1) is 11.8 Å². The zero-order valence-corrected chi connectivity index (χ0v) is 9.88. The van der Waals surface area contributed by atoms with Crippen LogP contribution in [-0.4, -0.2) is 10.8 Å². The fourth-order valence-corrected chi connectivity index (χ4v) is 2.19. The maximum Gasteiger partial charge on any atom is 0.115 e. The Hall–Kier alpha value is -2.29. The van der Waals surface area contributed by atoms with Gasteiger partial charge in [0.2, 0.25) is 0 Å². The molecular formula is C15H14N2O. The molecule has 0 aromatic heterocycles. The molecule has 3 nitrogen and oxygen atoms in total. The summed E-state index contributed by atoms with van der Waals surface area (Å²) in [4.78, 5) is 0. The third-order valence-electron chi connectivity index (χ3n) is 3.13.